The van der Waals surface area contributed by atoms with Crippen LogP contribution in [0.5, 0.6) is 0 Å². The summed E-state index contributed by atoms with van der Waals surface area (Å²) in [7, 11) is -3.67. The summed E-state index contributed by atoms with van der Waals surface area (Å²) in [5.41, 5.74) is 0.823. The molecule has 22 heavy (non-hydrogen) atoms. The van der Waals surface area contributed by atoms with Gasteiger partial charge in [-0.15, -0.1) is 0 Å². The molecule has 6 nitrogen and oxygen atoms in total. The summed E-state index contributed by atoms with van der Waals surface area (Å²) >= 11 is 0. The Labute approximate surface area is 129 Å². The molecule has 0 bridgehead atoms. The molecule has 1 fully saturated rings. The van der Waals surface area contributed by atoms with Crippen molar-refractivity contribution in [2.75, 3.05) is 19.6 Å². The third-order valence-electron chi connectivity index (χ3n) is 3.79. The van der Waals surface area contributed by atoms with Gasteiger partial charge in [-0.25, -0.2) is 9.53 Å². The monoisotopic (exact) mass is 329 g/mol. The molecular formula is C14H20FN3O3S. The van der Waals surface area contributed by atoms with Crippen molar-refractivity contribution < 1.29 is 17.6 Å². The summed E-state index contributed by atoms with van der Waals surface area (Å²) in [4.78, 5) is 12.0. The van der Waals surface area contributed by atoms with Gasteiger partial charge in [0.15, 0.2) is 0 Å². The number of nitrogens with zero attached hydrogens (tertiary/aromatic N) is 1. The average molecular weight is 329 g/mol. The number of hydrogen-bond donors (Lipinski definition) is 2. The molecule has 0 unspecified atom stereocenters. The lowest BCUT2D eigenvalue weighted by Gasteiger charge is -2.29. The van der Waals surface area contributed by atoms with E-state index < -0.39 is 10.2 Å². The number of halogens is 1. The number of nitrogens with two attached hydrogens (primary N) is 1. The molecule has 1 amide bonds. The van der Waals surface area contributed by atoms with E-state index in [4.69, 9.17) is 5.14 Å². The molecule has 0 radical (unpaired) electrons. The van der Waals surface area contributed by atoms with E-state index in [1.807, 2.05) is 0 Å². The van der Waals surface area contributed by atoms with Gasteiger partial charge >= 0.3 is 0 Å². The molecule has 0 aliphatic carbocycles. The number of hydrogen-bond acceptors (Lipinski definition) is 3. The standard InChI is InChI=1S/C14H20FN3O3S/c15-13-3-1-2-11(10-13)4-7-17-14(19)12-5-8-18(9-6-12)22(16,20)21/h1-3,10,12H,4-9H2,(H,17,19)(H2,16,20,21). The van der Waals surface area contributed by atoms with Crippen molar-refractivity contribution in [1.82, 2.24) is 9.62 Å². The van der Waals surface area contributed by atoms with E-state index in [1.165, 1.54) is 16.4 Å². The zero-order chi connectivity index (χ0) is 16.2. The molecule has 0 saturated carbocycles. The van der Waals surface area contributed by atoms with E-state index in [2.05, 4.69) is 5.32 Å². The normalized spacial score (nSPS) is 17.4. The van der Waals surface area contributed by atoms with Crippen molar-refractivity contribution in [3.63, 3.8) is 0 Å². The molecule has 2 rings (SSSR count). The fourth-order valence-corrected chi connectivity index (χ4v) is 3.26. The lowest BCUT2D eigenvalue weighted by Crippen LogP contribution is -2.45. The highest BCUT2D eigenvalue weighted by Gasteiger charge is 2.28. The highest BCUT2D eigenvalue weighted by Crippen LogP contribution is 2.18. The van der Waals surface area contributed by atoms with Gasteiger partial charge in [-0.2, -0.15) is 12.7 Å². The minimum atomic E-state index is -3.67. The molecule has 1 heterocycles. The second kappa shape index (κ2) is 7.17. The van der Waals surface area contributed by atoms with Crippen molar-refractivity contribution in [2.45, 2.75) is 19.3 Å². The zero-order valence-corrected chi connectivity index (χ0v) is 13.0. The summed E-state index contributed by atoms with van der Waals surface area (Å²) in [6.45, 7) is 0.958. The highest BCUT2D eigenvalue weighted by molar-refractivity contribution is 7.86. The lowest BCUT2D eigenvalue weighted by atomic mass is 9.97. The minimum absolute atomic E-state index is 0.0922. The van der Waals surface area contributed by atoms with Gasteiger partial charge in [0, 0.05) is 25.6 Å². The van der Waals surface area contributed by atoms with E-state index in [9.17, 15) is 17.6 Å². The average Bonchev–Trinajstić information content (AvgIpc) is 2.46. The summed E-state index contributed by atoms with van der Waals surface area (Å²) in [6.07, 6.45) is 1.48. The van der Waals surface area contributed by atoms with Gasteiger partial charge < -0.3 is 5.32 Å². The molecule has 0 atom stereocenters. The van der Waals surface area contributed by atoms with Crippen LogP contribution in [0.25, 0.3) is 0 Å². The maximum atomic E-state index is 13.0. The van der Waals surface area contributed by atoms with Crippen molar-refractivity contribution >= 4 is 16.1 Å². The van der Waals surface area contributed by atoms with E-state index in [-0.39, 0.29) is 30.7 Å². The van der Waals surface area contributed by atoms with Gasteiger partial charge in [0.1, 0.15) is 5.82 Å². The Hall–Kier alpha value is -1.51. The second-order valence-electron chi connectivity index (χ2n) is 5.39. The first-order valence-corrected chi connectivity index (χ1v) is 8.66. The Bertz CT molecular complexity index is 628. The van der Waals surface area contributed by atoms with Crippen LogP contribution in [0, 0.1) is 11.7 Å². The minimum Gasteiger partial charge on any atom is -0.356 e. The van der Waals surface area contributed by atoms with Gasteiger partial charge in [0.25, 0.3) is 10.2 Å². The molecule has 1 aliphatic heterocycles. The zero-order valence-electron chi connectivity index (χ0n) is 12.2. The Morgan fingerprint density at radius 1 is 1.36 bits per heavy atom. The first kappa shape index (κ1) is 16.9. The molecule has 1 aromatic carbocycles. The number of carbonyl (C=O) groups is 1. The number of amides is 1. The van der Waals surface area contributed by atoms with Crippen LogP contribution in [-0.4, -0.2) is 38.3 Å². The van der Waals surface area contributed by atoms with Crippen LogP contribution in [0.4, 0.5) is 4.39 Å². The predicted molar refractivity (Wildman–Crippen MR) is 80.5 cm³/mol. The van der Waals surface area contributed by atoms with Crippen LogP contribution in [0.2, 0.25) is 0 Å². The fraction of sp³-hybridized carbons (Fsp3) is 0.500. The predicted octanol–water partition coefficient (Wildman–Crippen LogP) is 0.400. The SMILES string of the molecule is NS(=O)(=O)N1CCC(C(=O)NCCc2cccc(F)c2)CC1. The van der Waals surface area contributed by atoms with Gasteiger partial charge in [-0.3, -0.25) is 4.79 Å². The first-order valence-electron chi connectivity index (χ1n) is 7.16. The van der Waals surface area contributed by atoms with Crippen LogP contribution < -0.4 is 10.5 Å². The summed E-state index contributed by atoms with van der Waals surface area (Å²) in [5.74, 6) is -0.588. The van der Waals surface area contributed by atoms with E-state index in [1.54, 1.807) is 12.1 Å². The van der Waals surface area contributed by atoms with Crippen LogP contribution in [0.15, 0.2) is 24.3 Å². The molecule has 1 saturated heterocycles. The molecule has 0 aromatic heterocycles. The van der Waals surface area contributed by atoms with Crippen molar-refractivity contribution in [3.8, 4) is 0 Å². The molecule has 1 aliphatic rings. The van der Waals surface area contributed by atoms with Gasteiger partial charge in [-0.1, -0.05) is 12.1 Å². The number of rotatable bonds is 5. The Morgan fingerprint density at radius 3 is 2.64 bits per heavy atom. The van der Waals surface area contributed by atoms with E-state index >= 15 is 0 Å². The maximum Gasteiger partial charge on any atom is 0.276 e. The van der Waals surface area contributed by atoms with Crippen molar-refractivity contribution in [1.29, 1.82) is 0 Å². The van der Waals surface area contributed by atoms with Crippen LogP contribution >= 0.6 is 0 Å². The summed E-state index contributed by atoms with van der Waals surface area (Å²) in [5, 5.41) is 7.87. The molecule has 1 aromatic rings. The molecular weight excluding hydrogens is 309 g/mol. The van der Waals surface area contributed by atoms with Crippen LogP contribution in [0.1, 0.15) is 18.4 Å². The van der Waals surface area contributed by atoms with E-state index in [0.29, 0.717) is 25.8 Å². The van der Waals surface area contributed by atoms with Crippen molar-refractivity contribution in [3.05, 3.63) is 35.6 Å². The van der Waals surface area contributed by atoms with Crippen LogP contribution in [0.3, 0.4) is 0 Å². The topological polar surface area (TPSA) is 92.5 Å². The first-order chi connectivity index (χ1) is 10.4. The van der Waals surface area contributed by atoms with Gasteiger partial charge in [0.2, 0.25) is 5.91 Å². The van der Waals surface area contributed by atoms with Crippen molar-refractivity contribution in [2.24, 2.45) is 11.1 Å². The summed E-state index contributed by atoms with van der Waals surface area (Å²) < 4.78 is 36.6. The highest BCUT2D eigenvalue weighted by atomic mass is 32.2. The fourth-order valence-electron chi connectivity index (χ4n) is 2.54. The third kappa shape index (κ3) is 4.75. The van der Waals surface area contributed by atoms with Gasteiger partial charge in [0.05, 0.1) is 0 Å². The Morgan fingerprint density at radius 2 is 2.05 bits per heavy atom. The number of carbonyl (C=O) groups excluding carboxylic acids is 1. The van der Waals surface area contributed by atoms with Gasteiger partial charge in [-0.05, 0) is 37.0 Å². The molecule has 3 N–H and O–H groups in total. The Kier molecular flexibility index (Phi) is 5.49. The lowest BCUT2D eigenvalue weighted by molar-refractivity contribution is -0.126. The van der Waals surface area contributed by atoms with E-state index in [0.717, 1.165) is 5.56 Å². The molecule has 122 valence electrons. The number of nitrogens with one attached hydrogen (secondary N) is 1. The largest absolute Gasteiger partial charge is 0.356 e. The quantitative estimate of drug-likeness (QED) is 0.819. The molecule has 8 heteroatoms. The Balaban J connectivity index is 1.75. The number of piperidine rings is 1. The molecule has 0 spiro atoms. The maximum absolute atomic E-state index is 13.0. The third-order valence-corrected chi connectivity index (χ3v) is 4.87. The second-order valence-corrected chi connectivity index (χ2v) is 6.94. The van der Waals surface area contributed by atoms with Crippen LogP contribution in [-0.2, 0) is 21.4 Å². The smallest absolute Gasteiger partial charge is 0.276 e. The number of benzene rings is 1. The summed E-state index contributed by atoms with van der Waals surface area (Å²) in [6, 6.07) is 6.26.